The average molecular weight is 563 g/mol. The van der Waals surface area contributed by atoms with Gasteiger partial charge in [0.15, 0.2) is 0 Å². The van der Waals surface area contributed by atoms with Crippen LogP contribution in [-0.4, -0.2) is 15.3 Å². The van der Waals surface area contributed by atoms with E-state index in [2.05, 4.69) is 76.2 Å². The highest BCUT2D eigenvalue weighted by atomic mass is 16.3. The molecule has 0 atom stereocenters. The topological polar surface area (TPSA) is 60.7 Å². The third-order valence-electron chi connectivity index (χ3n) is 6.31. The van der Waals surface area contributed by atoms with E-state index in [0.29, 0.717) is 5.75 Å². The van der Waals surface area contributed by atoms with E-state index in [9.17, 15) is 10.2 Å². The Balaban J connectivity index is 0.000000343. The number of phenols is 3. The predicted molar refractivity (Wildman–Crippen MR) is 178 cm³/mol. The summed E-state index contributed by atoms with van der Waals surface area (Å²) in [5, 5.41) is 28.3. The first-order chi connectivity index (χ1) is 20.4. The molecule has 0 saturated carbocycles. The van der Waals surface area contributed by atoms with Gasteiger partial charge in [-0.1, -0.05) is 145 Å². The summed E-state index contributed by atoms with van der Waals surface area (Å²) in [4.78, 5) is 0. The molecule has 0 heterocycles. The first-order valence-electron chi connectivity index (χ1n) is 15.0. The molecule has 0 bridgehead atoms. The van der Waals surface area contributed by atoms with Crippen molar-refractivity contribution < 1.29 is 15.3 Å². The van der Waals surface area contributed by atoms with Crippen molar-refractivity contribution in [3.63, 3.8) is 0 Å². The van der Waals surface area contributed by atoms with Crippen LogP contribution in [0.1, 0.15) is 76.6 Å². The minimum atomic E-state index is -0.491. The van der Waals surface area contributed by atoms with E-state index in [4.69, 9.17) is 5.11 Å². The van der Waals surface area contributed by atoms with Gasteiger partial charge in [0.1, 0.15) is 17.2 Å². The number of hydrogen-bond acceptors (Lipinski definition) is 3. The molecule has 0 spiro atoms. The average Bonchev–Trinajstić information content (AvgIpc) is 3.32. The second-order valence-corrected chi connectivity index (χ2v) is 9.68. The normalized spacial score (nSPS) is 11.3. The molecule has 220 valence electrons. The summed E-state index contributed by atoms with van der Waals surface area (Å²) in [6, 6.07) is 40.6. The number of hydrogen-bond donors (Lipinski definition) is 3. The largest absolute Gasteiger partial charge is 0.508 e. The third kappa shape index (κ3) is 7.82. The van der Waals surface area contributed by atoms with E-state index in [1.807, 2.05) is 44.2 Å². The monoisotopic (exact) mass is 562 g/mol. The van der Waals surface area contributed by atoms with Crippen LogP contribution in [0.2, 0.25) is 0 Å². The van der Waals surface area contributed by atoms with Gasteiger partial charge in [0.05, 0.1) is 5.41 Å². The number of para-hydroxylation sites is 1. The molecule has 42 heavy (non-hydrogen) atoms. The molecule has 3 heteroatoms. The molecule has 1 aliphatic rings. The lowest BCUT2D eigenvalue weighted by atomic mass is 9.68. The van der Waals surface area contributed by atoms with Crippen LogP contribution in [0, 0.1) is 0 Å². The molecule has 0 amide bonds. The Kier molecular flexibility index (Phi) is 13.9. The molecule has 3 N–H and O–H groups in total. The van der Waals surface area contributed by atoms with Gasteiger partial charge >= 0.3 is 0 Å². The van der Waals surface area contributed by atoms with Crippen LogP contribution in [0.5, 0.6) is 17.2 Å². The van der Waals surface area contributed by atoms with Crippen molar-refractivity contribution in [1.82, 2.24) is 0 Å². The van der Waals surface area contributed by atoms with Crippen LogP contribution in [-0.2, 0) is 5.41 Å². The standard InChI is InChI=1S/C25H18O2.C6H6O.2C3H8.C2H6/c26-19-13-9-17(10-14-19)25(18-11-15-20(27)16-12-18)23-7-3-1-5-21(23)22-6-2-4-8-24(22)25;7-6-4-2-1-3-5-6;2*1-3-2;1-2/h1-16,26-27H;1-5,7H;2*3H2,1-2H3;1-2H3. The zero-order valence-corrected chi connectivity index (χ0v) is 25.9. The minimum absolute atomic E-state index is 0.249. The Labute approximate surface area is 252 Å². The molecule has 0 aliphatic heterocycles. The first kappa shape index (κ1) is 33.7. The quantitative estimate of drug-likeness (QED) is 0.197. The van der Waals surface area contributed by atoms with Gasteiger partial charge in [0.2, 0.25) is 0 Å². The van der Waals surface area contributed by atoms with Crippen molar-refractivity contribution in [1.29, 1.82) is 0 Å². The Morgan fingerprint density at radius 1 is 0.405 bits per heavy atom. The van der Waals surface area contributed by atoms with Crippen LogP contribution in [0.3, 0.4) is 0 Å². The van der Waals surface area contributed by atoms with Crippen molar-refractivity contribution >= 4 is 0 Å². The van der Waals surface area contributed by atoms with Crippen LogP contribution in [0.15, 0.2) is 127 Å². The van der Waals surface area contributed by atoms with Gasteiger partial charge in [-0.2, -0.15) is 0 Å². The van der Waals surface area contributed by atoms with E-state index >= 15 is 0 Å². The fourth-order valence-electron chi connectivity index (χ4n) is 4.87. The Hall–Kier alpha value is -4.50. The zero-order valence-electron chi connectivity index (χ0n) is 25.9. The maximum atomic E-state index is 9.85. The number of fused-ring (bicyclic) bond motifs is 3. The molecule has 5 aromatic carbocycles. The van der Waals surface area contributed by atoms with Gasteiger partial charge < -0.3 is 15.3 Å². The van der Waals surface area contributed by atoms with E-state index in [-0.39, 0.29) is 11.5 Å². The lowest BCUT2D eigenvalue weighted by molar-refractivity contribution is 0.474. The Morgan fingerprint density at radius 3 is 1.00 bits per heavy atom. The summed E-state index contributed by atoms with van der Waals surface area (Å²) in [5.74, 6) is 0.820. The molecule has 3 nitrogen and oxygen atoms in total. The predicted octanol–water partition coefficient (Wildman–Crippen LogP) is 10.7. The SMILES string of the molecule is CC.CCC.CCC.Oc1ccc(C2(c3ccc(O)cc3)c3ccccc3-c3ccccc32)cc1.Oc1ccccc1. The smallest absolute Gasteiger partial charge is 0.115 e. The van der Waals surface area contributed by atoms with Gasteiger partial charge in [0.25, 0.3) is 0 Å². The van der Waals surface area contributed by atoms with Crippen LogP contribution in [0.25, 0.3) is 11.1 Å². The summed E-state index contributed by atoms with van der Waals surface area (Å²) in [6.07, 6.45) is 2.50. The summed E-state index contributed by atoms with van der Waals surface area (Å²) < 4.78 is 0. The van der Waals surface area contributed by atoms with Crippen molar-refractivity contribution in [3.05, 3.63) is 150 Å². The summed E-state index contributed by atoms with van der Waals surface area (Å²) in [6.45, 7) is 12.5. The highest BCUT2D eigenvalue weighted by Gasteiger charge is 2.45. The van der Waals surface area contributed by atoms with Crippen molar-refractivity contribution in [3.8, 4) is 28.4 Å². The molecule has 0 saturated heterocycles. The molecule has 1 aliphatic carbocycles. The van der Waals surface area contributed by atoms with E-state index in [0.717, 1.165) is 11.1 Å². The van der Waals surface area contributed by atoms with Gasteiger partial charge in [-0.25, -0.2) is 0 Å². The van der Waals surface area contributed by atoms with Gasteiger partial charge in [-0.05, 0) is 69.8 Å². The fraction of sp³-hybridized carbons (Fsp3) is 0.231. The molecule has 0 radical (unpaired) electrons. The van der Waals surface area contributed by atoms with Crippen LogP contribution >= 0.6 is 0 Å². The minimum Gasteiger partial charge on any atom is -0.508 e. The molecule has 6 rings (SSSR count). The Morgan fingerprint density at radius 2 is 0.690 bits per heavy atom. The summed E-state index contributed by atoms with van der Waals surface area (Å²) in [5.41, 5.74) is 6.54. The molecule has 0 fully saturated rings. The van der Waals surface area contributed by atoms with Gasteiger partial charge in [-0.15, -0.1) is 0 Å². The first-order valence-corrected chi connectivity index (χ1v) is 15.0. The van der Waals surface area contributed by atoms with E-state index < -0.39 is 5.41 Å². The van der Waals surface area contributed by atoms with Crippen molar-refractivity contribution in [2.75, 3.05) is 0 Å². The zero-order chi connectivity index (χ0) is 31.0. The van der Waals surface area contributed by atoms with Crippen LogP contribution in [0.4, 0.5) is 0 Å². The van der Waals surface area contributed by atoms with Gasteiger partial charge in [0, 0.05) is 0 Å². The lowest BCUT2D eigenvalue weighted by Gasteiger charge is -2.33. The molecule has 5 aromatic rings. The molecular weight excluding hydrogens is 516 g/mol. The number of benzene rings is 5. The maximum Gasteiger partial charge on any atom is 0.115 e. The molecule has 0 unspecified atom stereocenters. The highest BCUT2D eigenvalue weighted by Crippen LogP contribution is 2.56. The van der Waals surface area contributed by atoms with E-state index in [1.165, 1.54) is 35.1 Å². The van der Waals surface area contributed by atoms with Crippen LogP contribution < -0.4 is 0 Å². The summed E-state index contributed by atoms with van der Waals surface area (Å²) >= 11 is 0. The van der Waals surface area contributed by atoms with E-state index in [1.54, 1.807) is 48.5 Å². The fourth-order valence-corrected chi connectivity index (χ4v) is 4.87. The summed E-state index contributed by atoms with van der Waals surface area (Å²) in [7, 11) is 0. The third-order valence-corrected chi connectivity index (χ3v) is 6.31. The second-order valence-electron chi connectivity index (χ2n) is 9.68. The molecule has 0 aromatic heterocycles. The number of rotatable bonds is 2. The van der Waals surface area contributed by atoms with Gasteiger partial charge in [-0.3, -0.25) is 0 Å². The Bertz CT molecular complexity index is 1340. The molecular formula is C39H46O3. The van der Waals surface area contributed by atoms with Crippen molar-refractivity contribution in [2.24, 2.45) is 0 Å². The lowest BCUT2D eigenvalue weighted by Crippen LogP contribution is -2.28. The van der Waals surface area contributed by atoms with Crippen molar-refractivity contribution in [2.45, 2.75) is 59.8 Å². The number of aromatic hydroxyl groups is 3. The highest BCUT2D eigenvalue weighted by molar-refractivity contribution is 5.86. The number of phenolic OH excluding ortho intramolecular Hbond substituents is 3. The second kappa shape index (κ2) is 17.3. The maximum absolute atomic E-state index is 9.85.